The number of thioether (sulfide) groups is 1. The standard InChI is InChI=1S/C25H23FN2O2S/c1-16(2)19-7-4-6-10-22(19)28-23(29)15-31-25(28)20-8-3-5-9-21(20)27-24(30)17-11-13-18(26)14-12-17/h3-14,16,25H,15H2,1-2H3,(H,27,30)/t25-/m1/s1. The topological polar surface area (TPSA) is 49.4 Å². The van der Waals surface area contributed by atoms with E-state index in [1.165, 1.54) is 24.3 Å². The van der Waals surface area contributed by atoms with Gasteiger partial charge in [0.15, 0.2) is 0 Å². The number of rotatable bonds is 5. The Hall–Kier alpha value is -3.12. The number of nitrogens with one attached hydrogen (secondary N) is 1. The summed E-state index contributed by atoms with van der Waals surface area (Å²) >= 11 is 1.54. The molecule has 4 rings (SSSR count). The maximum Gasteiger partial charge on any atom is 0.255 e. The largest absolute Gasteiger partial charge is 0.322 e. The molecule has 0 aliphatic carbocycles. The highest BCUT2D eigenvalue weighted by molar-refractivity contribution is 8.00. The third-order valence-electron chi connectivity index (χ3n) is 5.27. The summed E-state index contributed by atoms with van der Waals surface area (Å²) in [5, 5.41) is 2.68. The summed E-state index contributed by atoms with van der Waals surface area (Å²) in [6.07, 6.45) is 0. The number of halogens is 1. The number of carbonyl (C=O) groups is 2. The van der Waals surface area contributed by atoms with E-state index in [4.69, 9.17) is 0 Å². The van der Waals surface area contributed by atoms with Crippen LogP contribution >= 0.6 is 11.8 Å². The Balaban J connectivity index is 1.69. The molecule has 3 aromatic rings. The smallest absolute Gasteiger partial charge is 0.255 e. The van der Waals surface area contributed by atoms with Gasteiger partial charge in [-0.05, 0) is 47.9 Å². The first-order valence-corrected chi connectivity index (χ1v) is 11.2. The van der Waals surface area contributed by atoms with Crippen LogP contribution in [0.1, 0.15) is 46.6 Å². The van der Waals surface area contributed by atoms with E-state index < -0.39 is 5.82 Å². The van der Waals surface area contributed by atoms with Crippen molar-refractivity contribution in [2.45, 2.75) is 25.1 Å². The van der Waals surface area contributed by atoms with Crippen molar-refractivity contribution < 1.29 is 14.0 Å². The Morgan fingerprint density at radius 2 is 1.71 bits per heavy atom. The summed E-state index contributed by atoms with van der Waals surface area (Å²) in [5.41, 5.74) is 3.87. The zero-order valence-corrected chi connectivity index (χ0v) is 18.2. The Morgan fingerprint density at radius 3 is 2.45 bits per heavy atom. The van der Waals surface area contributed by atoms with E-state index in [9.17, 15) is 14.0 Å². The van der Waals surface area contributed by atoms with Gasteiger partial charge in [-0.2, -0.15) is 0 Å². The number of benzene rings is 3. The number of para-hydroxylation sites is 2. The summed E-state index contributed by atoms with van der Waals surface area (Å²) in [4.78, 5) is 27.5. The molecule has 0 spiro atoms. The van der Waals surface area contributed by atoms with Gasteiger partial charge in [0.05, 0.1) is 5.75 Å². The molecule has 1 atom stereocenters. The van der Waals surface area contributed by atoms with Gasteiger partial charge in [0.1, 0.15) is 11.2 Å². The average molecular weight is 435 g/mol. The zero-order valence-electron chi connectivity index (χ0n) is 17.3. The Bertz CT molecular complexity index is 1110. The first kappa shape index (κ1) is 21.1. The van der Waals surface area contributed by atoms with E-state index in [-0.39, 0.29) is 23.1 Å². The molecule has 0 unspecified atom stereocenters. The lowest BCUT2D eigenvalue weighted by Gasteiger charge is -2.29. The molecule has 4 nitrogen and oxygen atoms in total. The quantitative estimate of drug-likeness (QED) is 0.537. The molecule has 1 fully saturated rings. The van der Waals surface area contributed by atoms with Gasteiger partial charge in [-0.3, -0.25) is 14.5 Å². The Morgan fingerprint density at radius 1 is 1.03 bits per heavy atom. The SMILES string of the molecule is CC(C)c1ccccc1N1C(=O)CS[C@@H]1c1ccccc1NC(=O)c1ccc(F)cc1. The lowest BCUT2D eigenvalue weighted by Crippen LogP contribution is -2.29. The Labute approximate surface area is 185 Å². The van der Waals surface area contributed by atoms with Crippen LogP contribution in [0, 0.1) is 5.82 Å². The van der Waals surface area contributed by atoms with E-state index in [1.54, 1.807) is 11.8 Å². The molecule has 31 heavy (non-hydrogen) atoms. The zero-order chi connectivity index (χ0) is 22.0. The highest BCUT2D eigenvalue weighted by Crippen LogP contribution is 2.46. The predicted molar refractivity (Wildman–Crippen MR) is 124 cm³/mol. The van der Waals surface area contributed by atoms with Crippen molar-refractivity contribution in [2.75, 3.05) is 16.0 Å². The summed E-state index contributed by atoms with van der Waals surface area (Å²) in [5.74, 6) is -0.0308. The van der Waals surface area contributed by atoms with Gasteiger partial charge in [-0.25, -0.2) is 4.39 Å². The highest BCUT2D eigenvalue weighted by atomic mass is 32.2. The molecule has 1 saturated heterocycles. The molecular formula is C25H23FN2O2S. The first-order valence-electron chi connectivity index (χ1n) is 10.1. The van der Waals surface area contributed by atoms with E-state index in [2.05, 4.69) is 25.2 Å². The molecule has 1 aliphatic heterocycles. The van der Waals surface area contributed by atoms with Crippen LogP contribution in [0.4, 0.5) is 15.8 Å². The molecule has 2 amide bonds. The minimum Gasteiger partial charge on any atom is -0.322 e. The molecule has 0 radical (unpaired) electrons. The molecule has 3 aromatic carbocycles. The van der Waals surface area contributed by atoms with Crippen LogP contribution in [-0.4, -0.2) is 17.6 Å². The van der Waals surface area contributed by atoms with Crippen molar-refractivity contribution >= 4 is 35.0 Å². The van der Waals surface area contributed by atoms with E-state index in [0.29, 0.717) is 17.0 Å². The number of hydrogen-bond acceptors (Lipinski definition) is 3. The van der Waals surface area contributed by atoms with Crippen LogP contribution in [0.5, 0.6) is 0 Å². The molecule has 158 valence electrons. The van der Waals surface area contributed by atoms with Crippen molar-refractivity contribution in [3.05, 3.63) is 95.3 Å². The maximum absolute atomic E-state index is 13.2. The second kappa shape index (κ2) is 8.94. The molecule has 1 heterocycles. The van der Waals surface area contributed by atoms with Gasteiger partial charge in [-0.15, -0.1) is 11.8 Å². The molecule has 0 saturated carbocycles. The third kappa shape index (κ3) is 4.35. The van der Waals surface area contributed by atoms with Crippen molar-refractivity contribution in [1.82, 2.24) is 0 Å². The summed E-state index contributed by atoms with van der Waals surface area (Å²) in [6, 6.07) is 20.9. The monoisotopic (exact) mass is 434 g/mol. The normalized spacial score (nSPS) is 16.1. The molecule has 1 aliphatic rings. The fraction of sp³-hybridized carbons (Fsp3) is 0.200. The van der Waals surface area contributed by atoms with Gasteiger partial charge in [0, 0.05) is 22.5 Å². The second-order valence-electron chi connectivity index (χ2n) is 7.69. The van der Waals surface area contributed by atoms with Crippen molar-refractivity contribution in [3.63, 3.8) is 0 Å². The van der Waals surface area contributed by atoms with Crippen molar-refractivity contribution in [2.24, 2.45) is 0 Å². The lowest BCUT2D eigenvalue weighted by molar-refractivity contribution is -0.115. The van der Waals surface area contributed by atoms with Crippen LogP contribution in [0.15, 0.2) is 72.8 Å². The molecule has 0 bridgehead atoms. The fourth-order valence-electron chi connectivity index (χ4n) is 3.73. The van der Waals surface area contributed by atoms with Crippen LogP contribution < -0.4 is 10.2 Å². The number of amides is 2. The van der Waals surface area contributed by atoms with Gasteiger partial charge in [0.2, 0.25) is 5.91 Å². The van der Waals surface area contributed by atoms with Crippen LogP contribution in [0.25, 0.3) is 0 Å². The van der Waals surface area contributed by atoms with Gasteiger partial charge in [-0.1, -0.05) is 50.2 Å². The van der Waals surface area contributed by atoms with Crippen molar-refractivity contribution in [3.8, 4) is 0 Å². The maximum atomic E-state index is 13.2. The predicted octanol–water partition coefficient (Wildman–Crippen LogP) is 5.98. The second-order valence-corrected chi connectivity index (χ2v) is 8.76. The first-order chi connectivity index (χ1) is 15.0. The highest BCUT2D eigenvalue weighted by Gasteiger charge is 2.36. The number of hydrogen-bond donors (Lipinski definition) is 1. The minimum atomic E-state index is -0.391. The van der Waals surface area contributed by atoms with E-state index in [0.717, 1.165) is 16.8 Å². The number of carbonyl (C=O) groups excluding carboxylic acids is 2. The molecular weight excluding hydrogens is 411 g/mol. The van der Waals surface area contributed by atoms with Gasteiger partial charge in [0.25, 0.3) is 5.91 Å². The number of nitrogens with zero attached hydrogens (tertiary/aromatic N) is 1. The summed E-state index contributed by atoms with van der Waals surface area (Å²) in [7, 11) is 0. The molecule has 0 aromatic heterocycles. The molecule has 1 N–H and O–H groups in total. The van der Waals surface area contributed by atoms with Gasteiger partial charge < -0.3 is 5.32 Å². The molecule has 6 heteroatoms. The summed E-state index contributed by atoms with van der Waals surface area (Å²) in [6.45, 7) is 4.22. The lowest BCUT2D eigenvalue weighted by atomic mass is 10.00. The third-order valence-corrected chi connectivity index (χ3v) is 6.46. The van der Waals surface area contributed by atoms with Crippen molar-refractivity contribution in [1.29, 1.82) is 0 Å². The summed E-state index contributed by atoms with van der Waals surface area (Å²) < 4.78 is 13.2. The van der Waals surface area contributed by atoms with E-state index >= 15 is 0 Å². The van der Waals surface area contributed by atoms with Crippen LogP contribution in [0.3, 0.4) is 0 Å². The Kier molecular flexibility index (Phi) is 6.09. The minimum absolute atomic E-state index is 0.0442. The van der Waals surface area contributed by atoms with Crippen LogP contribution in [-0.2, 0) is 4.79 Å². The van der Waals surface area contributed by atoms with Crippen LogP contribution in [0.2, 0.25) is 0 Å². The van der Waals surface area contributed by atoms with E-state index in [1.807, 2.05) is 47.4 Å². The number of anilines is 2. The van der Waals surface area contributed by atoms with Gasteiger partial charge >= 0.3 is 0 Å². The fourth-order valence-corrected chi connectivity index (χ4v) is 4.94. The average Bonchev–Trinajstić information content (AvgIpc) is 3.15.